The smallest absolute Gasteiger partial charge is 0.0254 e. The van der Waals surface area contributed by atoms with Gasteiger partial charge in [-0.25, -0.2) is 0 Å². The van der Waals surface area contributed by atoms with Gasteiger partial charge in [0.05, 0.1) is 0 Å². The average molecular weight is 224 g/mol. The van der Waals surface area contributed by atoms with Crippen LogP contribution in [0.25, 0.3) is 0 Å². The zero-order valence-electron chi connectivity index (χ0n) is 11.0. The van der Waals surface area contributed by atoms with Gasteiger partial charge in [-0.1, -0.05) is 26.2 Å². The fraction of sp³-hybridized carbons (Fsp3) is 1.00. The van der Waals surface area contributed by atoms with E-state index >= 15 is 0 Å². The Balaban J connectivity index is 1.90. The highest BCUT2D eigenvalue weighted by molar-refractivity contribution is 4.93. The van der Waals surface area contributed by atoms with E-state index in [1.54, 1.807) is 0 Å². The standard InChI is InChI=1S/C14H28N2/c1-3-9-14(2,15)11-16-10-8-12-6-4-5-7-13(12)16/h12-13H,3-11,15H2,1-2H3. The summed E-state index contributed by atoms with van der Waals surface area (Å²) in [4.78, 5) is 2.69. The predicted molar refractivity (Wildman–Crippen MR) is 69.4 cm³/mol. The molecule has 2 fully saturated rings. The second-order valence-corrected chi connectivity index (χ2v) is 6.28. The van der Waals surface area contributed by atoms with Crippen LogP contribution < -0.4 is 5.73 Å². The van der Waals surface area contributed by atoms with Gasteiger partial charge in [-0.15, -0.1) is 0 Å². The molecule has 0 aromatic rings. The molecule has 2 nitrogen and oxygen atoms in total. The topological polar surface area (TPSA) is 29.3 Å². The van der Waals surface area contributed by atoms with Gasteiger partial charge in [-0.2, -0.15) is 0 Å². The lowest BCUT2D eigenvalue weighted by atomic mass is 9.85. The Labute approximate surface area is 101 Å². The van der Waals surface area contributed by atoms with Crippen molar-refractivity contribution < 1.29 is 0 Å². The first-order chi connectivity index (χ1) is 7.62. The number of nitrogens with two attached hydrogens (primary N) is 1. The van der Waals surface area contributed by atoms with Crippen LogP contribution in [-0.4, -0.2) is 29.6 Å². The summed E-state index contributed by atoms with van der Waals surface area (Å²) >= 11 is 0. The zero-order valence-corrected chi connectivity index (χ0v) is 11.0. The van der Waals surface area contributed by atoms with Gasteiger partial charge in [-0.3, -0.25) is 4.90 Å². The van der Waals surface area contributed by atoms with E-state index in [2.05, 4.69) is 18.7 Å². The summed E-state index contributed by atoms with van der Waals surface area (Å²) < 4.78 is 0. The molecule has 2 N–H and O–H groups in total. The number of nitrogens with zero attached hydrogens (tertiary/aromatic N) is 1. The Hall–Kier alpha value is -0.0800. The van der Waals surface area contributed by atoms with Gasteiger partial charge in [-0.05, 0) is 45.1 Å². The van der Waals surface area contributed by atoms with Gasteiger partial charge >= 0.3 is 0 Å². The van der Waals surface area contributed by atoms with Crippen LogP contribution in [0.15, 0.2) is 0 Å². The molecule has 1 aliphatic heterocycles. The second kappa shape index (κ2) is 5.05. The van der Waals surface area contributed by atoms with Gasteiger partial charge in [0.2, 0.25) is 0 Å². The van der Waals surface area contributed by atoms with E-state index in [0.717, 1.165) is 24.9 Å². The lowest BCUT2D eigenvalue weighted by Gasteiger charge is -2.36. The largest absolute Gasteiger partial charge is 0.324 e. The maximum absolute atomic E-state index is 6.39. The van der Waals surface area contributed by atoms with Crippen molar-refractivity contribution in [3.63, 3.8) is 0 Å². The summed E-state index contributed by atoms with van der Waals surface area (Å²) in [6, 6.07) is 0.869. The molecule has 0 spiro atoms. The Morgan fingerprint density at radius 2 is 2.00 bits per heavy atom. The first kappa shape index (κ1) is 12.4. The van der Waals surface area contributed by atoms with E-state index in [-0.39, 0.29) is 5.54 Å². The van der Waals surface area contributed by atoms with E-state index in [4.69, 9.17) is 5.73 Å². The highest BCUT2D eigenvalue weighted by Crippen LogP contribution is 2.36. The third kappa shape index (κ3) is 2.78. The second-order valence-electron chi connectivity index (χ2n) is 6.28. The van der Waals surface area contributed by atoms with E-state index in [0.29, 0.717) is 0 Å². The zero-order chi connectivity index (χ0) is 11.6. The monoisotopic (exact) mass is 224 g/mol. The molecule has 1 heterocycles. The van der Waals surface area contributed by atoms with Gasteiger partial charge < -0.3 is 5.73 Å². The van der Waals surface area contributed by atoms with Crippen molar-refractivity contribution >= 4 is 0 Å². The predicted octanol–water partition coefficient (Wildman–Crippen LogP) is 2.77. The molecule has 1 aliphatic carbocycles. The third-order valence-corrected chi connectivity index (χ3v) is 4.51. The molecule has 0 amide bonds. The van der Waals surface area contributed by atoms with Crippen molar-refractivity contribution in [3.05, 3.63) is 0 Å². The van der Waals surface area contributed by atoms with Crippen LogP contribution in [-0.2, 0) is 0 Å². The highest BCUT2D eigenvalue weighted by atomic mass is 15.2. The number of likely N-dealkylation sites (tertiary alicyclic amines) is 1. The maximum Gasteiger partial charge on any atom is 0.0254 e. The van der Waals surface area contributed by atoms with Crippen LogP contribution in [0.1, 0.15) is 58.8 Å². The molecule has 2 aliphatic rings. The minimum absolute atomic E-state index is 0.0289. The minimum Gasteiger partial charge on any atom is -0.324 e. The Morgan fingerprint density at radius 1 is 1.25 bits per heavy atom. The maximum atomic E-state index is 6.39. The van der Waals surface area contributed by atoms with Crippen molar-refractivity contribution in [2.75, 3.05) is 13.1 Å². The van der Waals surface area contributed by atoms with Crippen LogP contribution in [0.4, 0.5) is 0 Å². The molecule has 0 radical (unpaired) electrons. The number of rotatable bonds is 4. The fourth-order valence-corrected chi connectivity index (χ4v) is 3.81. The molecule has 0 aromatic carbocycles. The van der Waals surface area contributed by atoms with E-state index in [1.165, 1.54) is 45.1 Å². The first-order valence-electron chi connectivity index (χ1n) is 7.15. The Kier molecular flexibility index (Phi) is 3.91. The van der Waals surface area contributed by atoms with Crippen molar-refractivity contribution in [3.8, 4) is 0 Å². The van der Waals surface area contributed by atoms with Crippen LogP contribution >= 0.6 is 0 Å². The molecule has 0 aromatic heterocycles. The van der Waals surface area contributed by atoms with Gasteiger partial charge in [0.15, 0.2) is 0 Å². The quantitative estimate of drug-likeness (QED) is 0.795. The highest BCUT2D eigenvalue weighted by Gasteiger charge is 2.37. The molecule has 2 heteroatoms. The molecule has 1 saturated heterocycles. The SMILES string of the molecule is CCCC(C)(N)CN1CCC2CCCCC21. The summed E-state index contributed by atoms with van der Waals surface area (Å²) in [5.74, 6) is 0.992. The third-order valence-electron chi connectivity index (χ3n) is 4.51. The average Bonchev–Trinajstić information content (AvgIpc) is 2.61. The van der Waals surface area contributed by atoms with Gasteiger partial charge in [0.1, 0.15) is 0 Å². The van der Waals surface area contributed by atoms with Crippen LogP contribution in [0.2, 0.25) is 0 Å². The first-order valence-corrected chi connectivity index (χ1v) is 7.15. The number of hydrogen-bond donors (Lipinski definition) is 1. The number of fused-ring (bicyclic) bond motifs is 1. The Bertz CT molecular complexity index is 225. The minimum atomic E-state index is 0.0289. The molecular formula is C14H28N2. The summed E-state index contributed by atoms with van der Waals surface area (Å²) in [6.45, 7) is 6.87. The molecule has 1 saturated carbocycles. The van der Waals surface area contributed by atoms with Crippen molar-refractivity contribution in [1.29, 1.82) is 0 Å². The van der Waals surface area contributed by atoms with Crippen LogP contribution in [0, 0.1) is 5.92 Å². The van der Waals surface area contributed by atoms with E-state index in [9.17, 15) is 0 Å². The Morgan fingerprint density at radius 3 is 2.75 bits per heavy atom. The van der Waals surface area contributed by atoms with Gasteiger partial charge in [0.25, 0.3) is 0 Å². The fourth-order valence-electron chi connectivity index (χ4n) is 3.81. The van der Waals surface area contributed by atoms with E-state index in [1.807, 2.05) is 0 Å². The van der Waals surface area contributed by atoms with Gasteiger partial charge in [0, 0.05) is 18.1 Å². The summed E-state index contributed by atoms with van der Waals surface area (Å²) in [5, 5.41) is 0. The normalized spacial score (nSPS) is 34.7. The van der Waals surface area contributed by atoms with Crippen LogP contribution in [0.3, 0.4) is 0 Å². The van der Waals surface area contributed by atoms with Crippen molar-refractivity contribution in [2.45, 2.75) is 70.4 Å². The molecule has 3 atom stereocenters. The lowest BCUT2D eigenvalue weighted by Crippen LogP contribution is -2.50. The van der Waals surface area contributed by atoms with Crippen molar-refractivity contribution in [2.24, 2.45) is 11.7 Å². The summed E-state index contributed by atoms with van der Waals surface area (Å²) in [5.41, 5.74) is 6.42. The molecular weight excluding hydrogens is 196 g/mol. The molecule has 0 bridgehead atoms. The molecule has 16 heavy (non-hydrogen) atoms. The molecule has 3 unspecified atom stereocenters. The molecule has 94 valence electrons. The lowest BCUT2D eigenvalue weighted by molar-refractivity contribution is 0.148. The van der Waals surface area contributed by atoms with E-state index < -0.39 is 0 Å². The van der Waals surface area contributed by atoms with Crippen molar-refractivity contribution in [1.82, 2.24) is 4.90 Å². The number of hydrogen-bond acceptors (Lipinski definition) is 2. The molecule has 2 rings (SSSR count). The van der Waals surface area contributed by atoms with Crippen LogP contribution in [0.5, 0.6) is 0 Å². The summed E-state index contributed by atoms with van der Waals surface area (Å²) in [6.07, 6.45) is 9.57. The summed E-state index contributed by atoms with van der Waals surface area (Å²) in [7, 11) is 0.